The van der Waals surface area contributed by atoms with E-state index in [1.165, 1.54) is 0 Å². The Balaban J connectivity index is 0.000000174. The normalized spacial score (nSPS) is 7.54. The summed E-state index contributed by atoms with van der Waals surface area (Å²) in [5.41, 5.74) is 0. The van der Waals surface area contributed by atoms with Crippen LogP contribution in [0.5, 0.6) is 0 Å². The van der Waals surface area contributed by atoms with Crippen LogP contribution in [0, 0.1) is 0 Å². The molecule has 0 fully saturated rings. The third-order valence-electron chi connectivity index (χ3n) is 1.11. The van der Waals surface area contributed by atoms with Gasteiger partial charge in [-0.25, -0.2) is 24.3 Å². The van der Waals surface area contributed by atoms with E-state index in [4.69, 9.17) is 18.8 Å². The Morgan fingerprint density at radius 1 is 0.692 bits per heavy atom. The number of hydrogen-bond acceptors (Lipinski definition) is 0. The van der Waals surface area contributed by atoms with Crippen LogP contribution in [0.4, 0.5) is 0 Å². The van der Waals surface area contributed by atoms with Crippen LogP contribution < -0.4 is 0 Å². The van der Waals surface area contributed by atoms with Gasteiger partial charge in [0, 0.05) is 0 Å². The molecule has 0 bridgehead atoms. The van der Waals surface area contributed by atoms with E-state index in [-0.39, 0.29) is 0 Å². The van der Waals surface area contributed by atoms with E-state index in [1.54, 1.807) is 0 Å². The summed E-state index contributed by atoms with van der Waals surface area (Å²) in [6.45, 7) is 0. The second kappa shape index (κ2) is 12.0. The van der Waals surface area contributed by atoms with E-state index in [2.05, 4.69) is 0 Å². The molecule has 0 aliphatic heterocycles. The molecule has 72 valence electrons. The molecule has 0 saturated carbocycles. The fourth-order valence-electron chi connectivity index (χ4n) is 0.642. The standard InChI is InChI=1S/2C5H5.2ClH.W/c2*1-2-4-5-3-1;;;/h2*1-5H;2*1H;/q2*-1;;;+2/p-2. The molecule has 2 aromatic carbocycles. The van der Waals surface area contributed by atoms with Crippen molar-refractivity contribution in [2.75, 3.05) is 0 Å². The molecule has 0 heterocycles. The predicted octanol–water partition coefficient (Wildman–Crippen LogP) is 4.19. The summed E-state index contributed by atoms with van der Waals surface area (Å²) in [6, 6.07) is 20.0. The minimum Gasteiger partial charge on any atom is -0.214 e. The van der Waals surface area contributed by atoms with Gasteiger partial charge in [-0.1, -0.05) is 0 Å². The van der Waals surface area contributed by atoms with Crippen molar-refractivity contribution >= 4 is 18.8 Å². The molecule has 0 N–H and O–H groups in total. The Kier molecular flexibility index (Phi) is 11.9. The molecule has 13 heavy (non-hydrogen) atoms. The fraction of sp³-hybridized carbons (Fsp3) is 0. The van der Waals surface area contributed by atoms with Gasteiger partial charge in [-0.05, 0) is 0 Å². The fourth-order valence-corrected chi connectivity index (χ4v) is 0.642. The molecular weight excluding hydrogens is 375 g/mol. The number of hydrogen-bond donors (Lipinski definition) is 0. The Bertz CT molecular complexity index is 165. The van der Waals surface area contributed by atoms with Gasteiger partial charge in [0.15, 0.2) is 0 Å². The van der Waals surface area contributed by atoms with Gasteiger partial charge in [0.2, 0.25) is 0 Å². The summed E-state index contributed by atoms with van der Waals surface area (Å²) < 4.78 is 0. The largest absolute Gasteiger partial charge is 0.214 e. The maximum Gasteiger partial charge on any atom is -0.172 e. The predicted molar refractivity (Wildman–Crippen MR) is 55.8 cm³/mol. The topological polar surface area (TPSA) is 0 Å². The first-order valence-corrected chi connectivity index (χ1v) is 10.9. The summed E-state index contributed by atoms with van der Waals surface area (Å²) in [4.78, 5) is 0. The van der Waals surface area contributed by atoms with E-state index in [1.807, 2.05) is 60.7 Å². The molecule has 3 heteroatoms. The van der Waals surface area contributed by atoms with Crippen LogP contribution in [-0.4, -0.2) is 0 Å². The maximum atomic E-state index is 4.93. The molecule has 0 amide bonds. The van der Waals surface area contributed by atoms with Crippen LogP contribution in [-0.2, 0) is 16.5 Å². The van der Waals surface area contributed by atoms with Crippen molar-refractivity contribution in [3.63, 3.8) is 0 Å². The van der Waals surface area contributed by atoms with E-state index < -0.39 is 16.5 Å². The average molecular weight is 385 g/mol. The molecule has 0 unspecified atom stereocenters. The zero-order valence-electron chi connectivity index (χ0n) is 6.94. The van der Waals surface area contributed by atoms with Gasteiger partial charge < -0.3 is 0 Å². The minimum absolute atomic E-state index is 0.806. The minimum atomic E-state index is -0.806. The van der Waals surface area contributed by atoms with Crippen LogP contribution in [0.2, 0.25) is 0 Å². The molecule has 0 spiro atoms. The zero-order valence-corrected chi connectivity index (χ0v) is 11.4. The van der Waals surface area contributed by atoms with E-state index in [9.17, 15) is 0 Å². The second-order valence-electron chi connectivity index (χ2n) is 1.98. The van der Waals surface area contributed by atoms with Crippen LogP contribution >= 0.6 is 18.8 Å². The quantitative estimate of drug-likeness (QED) is 0.597. The molecule has 2 aromatic rings. The van der Waals surface area contributed by atoms with Crippen molar-refractivity contribution in [3.8, 4) is 0 Å². The molecule has 0 aliphatic rings. The summed E-state index contributed by atoms with van der Waals surface area (Å²) in [6.07, 6.45) is 0. The van der Waals surface area contributed by atoms with Crippen molar-refractivity contribution in [3.05, 3.63) is 60.7 Å². The van der Waals surface area contributed by atoms with Gasteiger partial charge in [0.25, 0.3) is 0 Å². The van der Waals surface area contributed by atoms with Crippen LogP contribution in [0.3, 0.4) is 0 Å². The summed E-state index contributed by atoms with van der Waals surface area (Å²) in [5.74, 6) is 0. The van der Waals surface area contributed by atoms with Crippen molar-refractivity contribution < 1.29 is 16.5 Å². The molecule has 0 aliphatic carbocycles. The molecule has 0 aromatic heterocycles. The second-order valence-corrected chi connectivity index (χ2v) is 6.22. The SMILES string of the molecule is [Cl][W][Cl].c1cc[cH-]c1.c1cc[cH-]c1. The third kappa shape index (κ3) is 12.0. The van der Waals surface area contributed by atoms with Crippen molar-refractivity contribution in [1.82, 2.24) is 0 Å². The van der Waals surface area contributed by atoms with Crippen LogP contribution in [0.25, 0.3) is 0 Å². The third-order valence-corrected chi connectivity index (χ3v) is 1.11. The van der Waals surface area contributed by atoms with E-state index >= 15 is 0 Å². The van der Waals surface area contributed by atoms with Crippen molar-refractivity contribution in [2.24, 2.45) is 0 Å². The Labute approximate surface area is 95.6 Å². The summed E-state index contributed by atoms with van der Waals surface area (Å²) in [7, 11) is 9.86. The first-order valence-electron chi connectivity index (χ1n) is 3.64. The molecule has 0 atom stereocenters. The first-order chi connectivity index (χ1) is 6.41. The zero-order chi connectivity index (χ0) is 9.78. The van der Waals surface area contributed by atoms with Gasteiger partial charge >= 0.3 is 35.3 Å². The maximum absolute atomic E-state index is 4.93. The molecule has 0 nitrogen and oxygen atoms in total. The van der Waals surface area contributed by atoms with Gasteiger partial charge in [-0.2, -0.15) is 36.4 Å². The Morgan fingerprint density at radius 2 is 0.923 bits per heavy atom. The van der Waals surface area contributed by atoms with Gasteiger partial charge in [-0.15, -0.1) is 0 Å². The number of rotatable bonds is 0. The van der Waals surface area contributed by atoms with Gasteiger partial charge in [-0.3, -0.25) is 0 Å². The van der Waals surface area contributed by atoms with Crippen LogP contribution in [0.15, 0.2) is 60.7 Å². The van der Waals surface area contributed by atoms with Crippen LogP contribution in [0.1, 0.15) is 0 Å². The smallest absolute Gasteiger partial charge is 0.172 e. The average Bonchev–Trinajstić information content (AvgIpc) is 2.85. The summed E-state index contributed by atoms with van der Waals surface area (Å²) in [5, 5.41) is 0. The Hall–Kier alpha value is -0.0317. The number of halogens is 2. The molecule has 2 rings (SSSR count). The van der Waals surface area contributed by atoms with Gasteiger partial charge in [0.1, 0.15) is 0 Å². The Morgan fingerprint density at radius 3 is 1.00 bits per heavy atom. The summed E-state index contributed by atoms with van der Waals surface area (Å²) >= 11 is -0.806. The molecule has 0 saturated heterocycles. The molecular formula is C10H10Cl2W-2. The monoisotopic (exact) mass is 384 g/mol. The van der Waals surface area contributed by atoms with Crippen molar-refractivity contribution in [2.45, 2.75) is 0 Å². The first kappa shape index (κ1) is 13.0. The van der Waals surface area contributed by atoms with E-state index in [0.717, 1.165) is 0 Å². The van der Waals surface area contributed by atoms with Gasteiger partial charge in [0.05, 0.1) is 0 Å². The van der Waals surface area contributed by atoms with E-state index in [0.29, 0.717) is 0 Å². The van der Waals surface area contributed by atoms with Crippen molar-refractivity contribution in [1.29, 1.82) is 0 Å². The molecule has 0 radical (unpaired) electrons.